The first-order valence-corrected chi connectivity index (χ1v) is 5.64. The first-order chi connectivity index (χ1) is 8.85. The van der Waals surface area contributed by atoms with Crippen LogP contribution in [0.25, 0.3) is 0 Å². The topological polar surface area (TPSA) is 53.2 Å². The number of hydrogen-bond donors (Lipinski definition) is 1. The van der Waals surface area contributed by atoms with Crippen LogP contribution in [0.2, 0.25) is 0 Å². The van der Waals surface area contributed by atoms with Crippen molar-refractivity contribution in [1.82, 2.24) is 0 Å². The van der Waals surface area contributed by atoms with E-state index in [0.29, 0.717) is 17.9 Å². The lowest BCUT2D eigenvalue weighted by atomic mass is 10.1. The van der Waals surface area contributed by atoms with Gasteiger partial charge in [-0.2, -0.15) is 5.26 Å². The van der Waals surface area contributed by atoms with Crippen molar-refractivity contribution in [2.75, 3.05) is 0 Å². The van der Waals surface area contributed by atoms with E-state index in [0.717, 1.165) is 11.1 Å². The second kappa shape index (κ2) is 5.85. The number of benzene rings is 2. The lowest BCUT2D eigenvalue weighted by Crippen LogP contribution is -2.00. The summed E-state index contributed by atoms with van der Waals surface area (Å²) in [7, 11) is 0. The van der Waals surface area contributed by atoms with Crippen molar-refractivity contribution in [1.29, 1.82) is 5.26 Å². The maximum absolute atomic E-state index is 9.18. The highest BCUT2D eigenvalue weighted by atomic mass is 16.5. The van der Waals surface area contributed by atoms with Crippen molar-refractivity contribution in [2.24, 2.45) is 0 Å². The van der Waals surface area contributed by atoms with Crippen molar-refractivity contribution < 1.29 is 9.84 Å². The molecule has 0 bridgehead atoms. The smallest absolute Gasteiger partial charge is 0.125 e. The maximum Gasteiger partial charge on any atom is 0.125 e. The summed E-state index contributed by atoms with van der Waals surface area (Å²) in [4.78, 5) is 0. The normalized spacial score (nSPS) is 9.78. The third-order valence-electron chi connectivity index (χ3n) is 2.66. The van der Waals surface area contributed by atoms with Crippen LogP contribution in [-0.2, 0) is 13.2 Å². The van der Waals surface area contributed by atoms with Gasteiger partial charge in [0, 0.05) is 11.1 Å². The molecule has 1 N–H and O–H groups in total. The van der Waals surface area contributed by atoms with Gasteiger partial charge < -0.3 is 9.84 Å². The minimum absolute atomic E-state index is 0.0595. The predicted octanol–water partition coefficient (Wildman–Crippen LogP) is 2.63. The zero-order valence-electron chi connectivity index (χ0n) is 9.84. The molecule has 0 aliphatic carbocycles. The quantitative estimate of drug-likeness (QED) is 0.892. The molecular formula is C15H13NO2. The summed E-state index contributed by atoms with van der Waals surface area (Å²) in [5.74, 6) is 0.646. The monoisotopic (exact) mass is 239 g/mol. The summed E-state index contributed by atoms with van der Waals surface area (Å²) in [5.41, 5.74) is 2.19. The zero-order chi connectivity index (χ0) is 12.8. The van der Waals surface area contributed by atoms with Crippen LogP contribution in [-0.4, -0.2) is 5.11 Å². The first-order valence-electron chi connectivity index (χ1n) is 5.64. The van der Waals surface area contributed by atoms with Crippen LogP contribution in [0, 0.1) is 11.3 Å². The summed E-state index contributed by atoms with van der Waals surface area (Å²) in [6.07, 6.45) is 0. The molecule has 0 amide bonds. The van der Waals surface area contributed by atoms with Crippen LogP contribution in [0.1, 0.15) is 16.7 Å². The van der Waals surface area contributed by atoms with Crippen LogP contribution < -0.4 is 4.74 Å². The predicted molar refractivity (Wildman–Crippen MR) is 67.9 cm³/mol. The average molecular weight is 239 g/mol. The summed E-state index contributed by atoms with van der Waals surface area (Å²) >= 11 is 0. The van der Waals surface area contributed by atoms with Gasteiger partial charge in [-0.25, -0.2) is 0 Å². The molecule has 0 fully saturated rings. The molecule has 0 aromatic heterocycles. The van der Waals surface area contributed by atoms with Gasteiger partial charge in [-0.3, -0.25) is 0 Å². The molecule has 0 aliphatic rings. The molecule has 3 heteroatoms. The molecular weight excluding hydrogens is 226 g/mol. The summed E-state index contributed by atoms with van der Waals surface area (Å²) < 4.78 is 5.65. The van der Waals surface area contributed by atoms with Crippen molar-refractivity contribution in [2.45, 2.75) is 13.2 Å². The lowest BCUT2D eigenvalue weighted by molar-refractivity contribution is 0.259. The fourth-order valence-corrected chi connectivity index (χ4v) is 1.69. The van der Waals surface area contributed by atoms with Gasteiger partial charge in [0.25, 0.3) is 0 Å². The van der Waals surface area contributed by atoms with Crippen LogP contribution in [0.15, 0.2) is 48.5 Å². The van der Waals surface area contributed by atoms with Crippen LogP contribution >= 0.6 is 0 Å². The molecule has 3 nitrogen and oxygen atoms in total. The first kappa shape index (κ1) is 12.2. The van der Waals surface area contributed by atoms with Crippen LogP contribution in [0.4, 0.5) is 0 Å². The molecule has 2 rings (SSSR count). The Morgan fingerprint density at radius 2 is 1.67 bits per heavy atom. The van der Waals surface area contributed by atoms with Crippen molar-refractivity contribution in [3.8, 4) is 11.8 Å². The number of ether oxygens (including phenoxy) is 1. The Bertz CT molecular complexity index is 573. The van der Waals surface area contributed by atoms with E-state index in [2.05, 4.69) is 6.07 Å². The molecule has 2 aromatic carbocycles. The summed E-state index contributed by atoms with van der Waals surface area (Å²) in [6, 6.07) is 16.8. The Balaban J connectivity index is 2.14. The van der Waals surface area contributed by atoms with Gasteiger partial charge in [-0.15, -0.1) is 0 Å². The molecule has 0 saturated heterocycles. The van der Waals surface area contributed by atoms with Gasteiger partial charge in [-0.1, -0.05) is 36.4 Å². The minimum atomic E-state index is -0.0595. The molecule has 90 valence electrons. The zero-order valence-corrected chi connectivity index (χ0v) is 9.84. The number of nitriles is 1. The van der Waals surface area contributed by atoms with Gasteiger partial charge in [-0.05, 0) is 12.1 Å². The van der Waals surface area contributed by atoms with Gasteiger partial charge in [0.05, 0.1) is 18.2 Å². The Kier molecular flexibility index (Phi) is 3.95. The Morgan fingerprint density at radius 1 is 1.00 bits per heavy atom. The van der Waals surface area contributed by atoms with E-state index in [-0.39, 0.29) is 6.61 Å². The van der Waals surface area contributed by atoms with E-state index in [1.807, 2.05) is 36.4 Å². The molecule has 0 atom stereocenters. The van der Waals surface area contributed by atoms with Crippen molar-refractivity contribution in [3.05, 3.63) is 65.2 Å². The average Bonchev–Trinajstić information content (AvgIpc) is 2.45. The van der Waals surface area contributed by atoms with Gasteiger partial charge in [0.15, 0.2) is 0 Å². The Morgan fingerprint density at radius 3 is 2.39 bits per heavy atom. The maximum atomic E-state index is 9.18. The highest BCUT2D eigenvalue weighted by molar-refractivity contribution is 5.38. The van der Waals surface area contributed by atoms with E-state index in [1.54, 1.807) is 12.1 Å². The van der Waals surface area contributed by atoms with E-state index < -0.39 is 0 Å². The fraction of sp³-hybridized carbons (Fsp3) is 0.133. The molecule has 0 unspecified atom stereocenters. The second-order valence-electron chi connectivity index (χ2n) is 3.82. The highest BCUT2D eigenvalue weighted by Gasteiger charge is 2.04. The molecule has 2 aromatic rings. The number of aliphatic hydroxyl groups excluding tert-OH is 1. The molecule has 0 spiro atoms. The SMILES string of the molecule is N#Cc1ccccc1COc1ccccc1CO. The standard InChI is InChI=1S/C15H13NO2/c16-9-12-5-1-2-7-14(12)11-18-15-8-4-3-6-13(15)10-17/h1-8,17H,10-11H2. The number of aliphatic hydroxyl groups is 1. The minimum Gasteiger partial charge on any atom is -0.488 e. The molecule has 18 heavy (non-hydrogen) atoms. The number of nitrogens with zero attached hydrogens (tertiary/aromatic N) is 1. The van der Waals surface area contributed by atoms with E-state index in [9.17, 15) is 5.11 Å². The Labute approximate surface area is 106 Å². The van der Waals surface area contributed by atoms with Crippen LogP contribution in [0.5, 0.6) is 5.75 Å². The summed E-state index contributed by atoms with van der Waals surface area (Å²) in [6.45, 7) is 0.261. The van der Waals surface area contributed by atoms with Crippen molar-refractivity contribution >= 4 is 0 Å². The molecule has 0 saturated carbocycles. The molecule has 0 radical (unpaired) electrons. The second-order valence-corrected chi connectivity index (χ2v) is 3.82. The van der Waals surface area contributed by atoms with E-state index >= 15 is 0 Å². The van der Waals surface area contributed by atoms with Crippen LogP contribution in [0.3, 0.4) is 0 Å². The summed E-state index contributed by atoms with van der Waals surface area (Å²) in [5, 5.41) is 18.2. The molecule has 0 heterocycles. The Hall–Kier alpha value is -2.31. The third kappa shape index (κ3) is 2.68. The van der Waals surface area contributed by atoms with E-state index in [1.165, 1.54) is 0 Å². The number of hydrogen-bond acceptors (Lipinski definition) is 3. The largest absolute Gasteiger partial charge is 0.488 e. The lowest BCUT2D eigenvalue weighted by Gasteiger charge is -2.10. The highest BCUT2D eigenvalue weighted by Crippen LogP contribution is 2.19. The van der Waals surface area contributed by atoms with Gasteiger partial charge >= 0.3 is 0 Å². The third-order valence-corrected chi connectivity index (χ3v) is 2.66. The van der Waals surface area contributed by atoms with Gasteiger partial charge in [0.1, 0.15) is 12.4 Å². The number of rotatable bonds is 4. The number of para-hydroxylation sites is 1. The fourth-order valence-electron chi connectivity index (χ4n) is 1.69. The molecule has 0 aliphatic heterocycles. The van der Waals surface area contributed by atoms with E-state index in [4.69, 9.17) is 10.00 Å². The van der Waals surface area contributed by atoms with Crippen molar-refractivity contribution in [3.63, 3.8) is 0 Å². The van der Waals surface area contributed by atoms with Gasteiger partial charge in [0.2, 0.25) is 0 Å².